The van der Waals surface area contributed by atoms with E-state index in [2.05, 4.69) is 35.3 Å². The van der Waals surface area contributed by atoms with Gasteiger partial charge in [0.05, 0.1) is 22.6 Å². The molecule has 2 aromatic heterocycles. The zero-order chi connectivity index (χ0) is 18.9. The maximum absolute atomic E-state index is 10.5. The molecule has 1 atom stereocenters. The molecule has 0 aliphatic heterocycles. The number of hydrogen-bond acceptors (Lipinski definition) is 3. The molecule has 3 nitrogen and oxygen atoms in total. The van der Waals surface area contributed by atoms with E-state index in [1.165, 1.54) is 0 Å². The number of hydrogen-bond donors (Lipinski definition) is 1. The maximum atomic E-state index is 10.5. The second-order valence-corrected chi connectivity index (χ2v) is 6.85. The minimum Gasteiger partial charge on any atom is -0.508 e. The van der Waals surface area contributed by atoms with E-state index in [1.54, 1.807) is 12.3 Å². The molecule has 28 heavy (non-hydrogen) atoms. The van der Waals surface area contributed by atoms with E-state index < -0.39 is 0 Å². The number of phenolic OH excluding ortho intramolecular Hbond substituents is 1. The average Bonchev–Trinajstić information content (AvgIpc) is 2.76. The highest BCUT2D eigenvalue weighted by Gasteiger charge is 2.21. The van der Waals surface area contributed by atoms with Gasteiger partial charge < -0.3 is 5.11 Å². The summed E-state index contributed by atoms with van der Waals surface area (Å²) in [6, 6.07) is 29.9. The molecular weight excluding hydrogens is 344 g/mol. The molecule has 0 aliphatic carbocycles. The van der Waals surface area contributed by atoms with Gasteiger partial charge in [0.25, 0.3) is 0 Å². The molecule has 134 valence electrons. The summed E-state index contributed by atoms with van der Waals surface area (Å²) in [6.07, 6.45) is 1.80. The van der Waals surface area contributed by atoms with Crippen molar-refractivity contribution in [2.45, 2.75) is 5.92 Å². The molecule has 3 aromatic carbocycles. The van der Waals surface area contributed by atoms with Gasteiger partial charge in [-0.15, -0.1) is 0 Å². The standard InChI is InChI=1S/C25H18N2O/c28-22-11-5-4-10-20(22)23(17-7-2-1-3-8-17)21-15-14-19-13-12-18-9-6-16-26-24(18)25(19)27-21/h1-16,23,28H. The predicted molar refractivity (Wildman–Crippen MR) is 113 cm³/mol. The molecule has 1 N–H and O–H groups in total. The van der Waals surface area contributed by atoms with Gasteiger partial charge in [-0.1, -0.05) is 72.8 Å². The molecule has 0 saturated carbocycles. The lowest BCUT2D eigenvalue weighted by Gasteiger charge is -2.19. The molecule has 1 unspecified atom stereocenters. The number of benzene rings is 3. The molecule has 2 heterocycles. The van der Waals surface area contributed by atoms with Crippen LogP contribution in [0.15, 0.2) is 97.2 Å². The molecule has 3 heteroatoms. The number of nitrogens with zero attached hydrogens (tertiary/aromatic N) is 2. The van der Waals surface area contributed by atoms with Crippen molar-refractivity contribution in [1.82, 2.24) is 9.97 Å². The molecule has 0 amide bonds. The van der Waals surface area contributed by atoms with E-state index in [-0.39, 0.29) is 11.7 Å². The maximum Gasteiger partial charge on any atom is 0.119 e. The first-order valence-corrected chi connectivity index (χ1v) is 9.28. The van der Waals surface area contributed by atoms with Crippen LogP contribution in [0.3, 0.4) is 0 Å². The van der Waals surface area contributed by atoms with E-state index in [0.717, 1.165) is 38.6 Å². The highest BCUT2D eigenvalue weighted by atomic mass is 16.3. The normalized spacial score (nSPS) is 12.3. The summed E-state index contributed by atoms with van der Waals surface area (Å²) >= 11 is 0. The summed E-state index contributed by atoms with van der Waals surface area (Å²) in [5, 5.41) is 12.7. The van der Waals surface area contributed by atoms with E-state index in [0.29, 0.717) is 0 Å². The van der Waals surface area contributed by atoms with Crippen molar-refractivity contribution in [3.05, 3.63) is 114 Å². The number of para-hydroxylation sites is 1. The lowest BCUT2D eigenvalue weighted by Crippen LogP contribution is -2.06. The van der Waals surface area contributed by atoms with Crippen molar-refractivity contribution in [2.24, 2.45) is 0 Å². The summed E-state index contributed by atoms with van der Waals surface area (Å²) in [6.45, 7) is 0. The van der Waals surface area contributed by atoms with Crippen molar-refractivity contribution in [2.75, 3.05) is 0 Å². The van der Waals surface area contributed by atoms with Crippen molar-refractivity contribution in [3.63, 3.8) is 0 Å². The predicted octanol–water partition coefficient (Wildman–Crippen LogP) is 5.67. The molecule has 5 rings (SSSR count). The number of pyridine rings is 2. The third-order valence-corrected chi connectivity index (χ3v) is 5.13. The Hall–Kier alpha value is -3.72. The molecule has 0 aliphatic rings. The van der Waals surface area contributed by atoms with Crippen LogP contribution in [0.1, 0.15) is 22.7 Å². The summed E-state index contributed by atoms with van der Waals surface area (Å²) in [5.41, 5.74) is 4.59. The Morgan fingerprint density at radius 2 is 1.36 bits per heavy atom. The number of fused-ring (bicyclic) bond motifs is 3. The van der Waals surface area contributed by atoms with Crippen molar-refractivity contribution in [3.8, 4) is 5.75 Å². The van der Waals surface area contributed by atoms with Gasteiger partial charge >= 0.3 is 0 Å². The molecule has 0 saturated heterocycles. The van der Waals surface area contributed by atoms with Crippen LogP contribution in [0, 0.1) is 0 Å². The number of aromatic nitrogens is 2. The first-order valence-electron chi connectivity index (χ1n) is 9.28. The molecular formula is C25H18N2O. The van der Waals surface area contributed by atoms with Crippen molar-refractivity contribution < 1.29 is 5.11 Å². The molecule has 0 fully saturated rings. The van der Waals surface area contributed by atoms with Crippen LogP contribution >= 0.6 is 0 Å². The van der Waals surface area contributed by atoms with E-state index in [4.69, 9.17) is 4.98 Å². The lowest BCUT2D eigenvalue weighted by molar-refractivity contribution is 0.467. The van der Waals surface area contributed by atoms with Gasteiger partial charge in [0, 0.05) is 22.5 Å². The number of phenols is 1. The molecule has 0 spiro atoms. The Morgan fingerprint density at radius 1 is 0.643 bits per heavy atom. The van der Waals surface area contributed by atoms with Crippen LogP contribution in [0.25, 0.3) is 21.8 Å². The fourth-order valence-electron chi connectivity index (χ4n) is 3.79. The number of aromatic hydroxyl groups is 1. The second-order valence-electron chi connectivity index (χ2n) is 6.85. The lowest BCUT2D eigenvalue weighted by atomic mass is 9.87. The van der Waals surface area contributed by atoms with Crippen LogP contribution in [-0.4, -0.2) is 15.1 Å². The summed E-state index contributed by atoms with van der Waals surface area (Å²) in [5.74, 6) is 0.111. The fourth-order valence-corrected chi connectivity index (χ4v) is 3.79. The van der Waals surface area contributed by atoms with E-state index in [9.17, 15) is 5.11 Å². The molecule has 0 bridgehead atoms. The summed E-state index contributed by atoms with van der Waals surface area (Å²) < 4.78 is 0. The Morgan fingerprint density at radius 3 is 2.18 bits per heavy atom. The highest BCUT2D eigenvalue weighted by molar-refractivity contribution is 6.02. The smallest absolute Gasteiger partial charge is 0.119 e. The average molecular weight is 362 g/mol. The van der Waals surface area contributed by atoms with Gasteiger partial charge in [-0.05, 0) is 23.8 Å². The van der Waals surface area contributed by atoms with Gasteiger partial charge in [-0.25, -0.2) is 4.98 Å². The van der Waals surface area contributed by atoms with Gasteiger partial charge in [0.2, 0.25) is 0 Å². The van der Waals surface area contributed by atoms with Gasteiger partial charge in [0.15, 0.2) is 0 Å². The topological polar surface area (TPSA) is 46.0 Å². The van der Waals surface area contributed by atoms with Crippen LogP contribution in [0.2, 0.25) is 0 Å². The Bertz CT molecular complexity index is 1280. The third kappa shape index (κ3) is 2.78. The third-order valence-electron chi connectivity index (χ3n) is 5.13. The first-order chi connectivity index (χ1) is 13.8. The van der Waals surface area contributed by atoms with Crippen molar-refractivity contribution in [1.29, 1.82) is 0 Å². The van der Waals surface area contributed by atoms with Crippen LogP contribution in [0.4, 0.5) is 0 Å². The van der Waals surface area contributed by atoms with E-state index >= 15 is 0 Å². The van der Waals surface area contributed by atoms with Gasteiger partial charge in [0.1, 0.15) is 5.75 Å². The molecule has 0 radical (unpaired) electrons. The molecule has 5 aromatic rings. The Balaban J connectivity index is 1.78. The first kappa shape index (κ1) is 16.5. The zero-order valence-electron chi connectivity index (χ0n) is 15.2. The summed E-state index contributed by atoms with van der Waals surface area (Å²) in [4.78, 5) is 9.58. The van der Waals surface area contributed by atoms with Crippen LogP contribution in [0.5, 0.6) is 5.75 Å². The van der Waals surface area contributed by atoms with Gasteiger partial charge in [-0.3, -0.25) is 4.98 Å². The quantitative estimate of drug-likeness (QED) is 0.421. The summed E-state index contributed by atoms with van der Waals surface area (Å²) in [7, 11) is 0. The Labute approximate surface area is 163 Å². The number of rotatable bonds is 3. The second kappa shape index (κ2) is 6.78. The van der Waals surface area contributed by atoms with Crippen molar-refractivity contribution >= 4 is 21.8 Å². The highest BCUT2D eigenvalue weighted by Crippen LogP contribution is 2.36. The minimum absolute atomic E-state index is 0.161. The van der Waals surface area contributed by atoms with E-state index in [1.807, 2.05) is 54.6 Å². The minimum atomic E-state index is -0.161. The van der Waals surface area contributed by atoms with Crippen LogP contribution < -0.4 is 0 Å². The monoisotopic (exact) mass is 362 g/mol. The van der Waals surface area contributed by atoms with Crippen LogP contribution in [-0.2, 0) is 0 Å². The SMILES string of the molecule is Oc1ccccc1C(c1ccccc1)c1ccc2ccc3cccnc3c2n1. The zero-order valence-corrected chi connectivity index (χ0v) is 15.2. The fraction of sp³-hybridized carbons (Fsp3) is 0.0400. The Kier molecular flexibility index (Phi) is 3.99. The van der Waals surface area contributed by atoms with Gasteiger partial charge in [-0.2, -0.15) is 0 Å². The largest absolute Gasteiger partial charge is 0.508 e.